The monoisotopic (exact) mass is 424 g/mol. The van der Waals surface area contributed by atoms with Crippen LogP contribution in [0.15, 0.2) is 53.8 Å². The normalized spacial score (nSPS) is 11.7. The lowest BCUT2D eigenvalue weighted by Gasteiger charge is -2.15. The molecular weight excluding hydrogens is 400 g/mol. The van der Waals surface area contributed by atoms with Gasteiger partial charge in [0.25, 0.3) is 5.91 Å². The highest BCUT2D eigenvalue weighted by Gasteiger charge is 2.20. The molecule has 3 rings (SSSR count). The quantitative estimate of drug-likeness (QED) is 0.539. The Morgan fingerprint density at radius 3 is 2.57 bits per heavy atom. The van der Waals surface area contributed by atoms with E-state index in [1.165, 1.54) is 11.8 Å². The second-order valence-electron chi connectivity index (χ2n) is 6.70. The van der Waals surface area contributed by atoms with Crippen LogP contribution in [0.5, 0.6) is 0 Å². The number of anilines is 1. The highest BCUT2D eigenvalue weighted by Crippen LogP contribution is 2.21. The molecule has 0 spiro atoms. The van der Waals surface area contributed by atoms with Crippen LogP contribution in [0, 0.1) is 6.92 Å². The van der Waals surface area contributed by atoms with E-state index in [4.69, 9.17) is 0 Å². The second-order valence-corrected chi connectivity index (χ2v) is 7.64. The number of carbonyl (C=O) groups is 2. The van der Waals surface area contributed by atoms with E-state index < -0.39 is 0 Å². The number of aromatic nitrogens is 4. The number of thioether (sulfide) groups is 1. The number of hydrogen-bond acceptors (Lipinski definition) is 6. The molecule has 2 amide bonds. The Kier molecular flexibility index (Phi) is 7.18. The van der Waals surface area contributed by atoms with Gasteiger partial charge in [-0.25, -0.2) is 4.98 Å². The molecule has 0 saturated carbocycles. The summed E-state index contributed by atoms with van der Waals surface area (Å²) in [4.78, 5) is 28.7. The van der Waals surface area contributed by atoms with Crippen LogP contribution in [0.2, 0.25) is 0 Å². The van der Waals surface area contributed by atoms with Crippen molar-refractivity contribution in [1.29, 1.82) is 0 Å². The summed E-state index contributed by atoms with van der Waals surface area (Å²) in [6.07, 6.45) is 1.62. The molecule has 0 aliphatic rings. The summed E-state index contributed by atoms with van der Waals surface area (Å²) in [6.45, 7) is 6.44. The average molecular weight is 425 g/mol. The van der Waals surface area contributed by atoms with Crippen LogP contribution in [0.25, 0.3) is 0 Å². The maximum atomic E-state index is 12.5. The Labute approximate surface area is 179 Å². The molecule has 0 unspecified atom stereocenters. The molecule has 0 fully saturated rings. The summed E-state index contributed by atoms with van der Waals surface area (Å²) in [5, 5.41) is 14.8. The number of nitrogens with one attached hydrogen (secondary N) is 2. The van der Waals surface area contributed by atoms with E-state index in [0.29, 0.717) is 28.9 Å². The predicted molar refractivity (Wildman–Crippen MR) is 116 cm³/mol. The van der Waals surface area contributed by atoms with Crippen molar-refractivity contribution in [2.45, 2.75) is 38.5 Å². The predicted octanol–water partition coefficient (Wildman–Crippen LogP) is 3.22. The number of nitrogens with zero attached hydrogens (tertiary/aromatic N) is 4. The highest BCUT2D eigenvalue weighted by atomic mass is 32.2. The van der Waals surface area contributed by atoms with E-state index in [-0.39, 0.29) is 23.6 Å². The smallest absolute Gasteiger partial charge is 0.251 e. The summed E-state index contributed by atoms with van der Waals surface area (Å²) in [5.41, 5.74) is 1.69. The van der Waals surface area contributed by atoms with Gasteiger partial charge in [-0.1, -0.05) is 35.5 Å². The summed E-state index contributed by atoms with van der Waals surface area (Å²) < 4.78 is 1.90. The average Bonchev–Trinajstić information content (AvgIpc) is 3.16. The number of benzene rings is 1. The van der Waals surface area contributed by atoms with Gasteiger partial charge in [-0.3, -0.25) is 9.59 Å². The molecule has 2 aromatic heterocycles. The van der Waals surface area contributed by atoms with Crippen LogP contribution >= 0.6 is 11.8 Å². The fraction of sp³-hybridized carbons (Fsp3) is 0.286. The molecular formula is C21H24N6O2S. The SMILES string of the molecule is CCn1c(SCC(=O)Nc2ccccn2)nnc1[C@H](C)NC(=O)c1ccc(C)cc1. The van der Waals surface area contributed by atoms with Gasteiger partial charge in [0.05, 0.1) is 11.8 Å². The first-order valence-electron chi connectivity index (χ1n) is 9.62. The standard InChI is InChI=1S/C21H24N6O2S/c1-4-27-19(15(3)23-20(29)16-10-8-14(2)9-11-16)25-26-21(27)30-13-18(28)24-17-7-5-6-12-22-17/h5-12,15H,4,13H2,1-3H3,(H,23,29)(H,22,24,28)/t15-/m0/s1. The second kappa shape index (κ2) is 10.0. The fourth-order valence-corrected chi connectivity index (χ4v) is 3.63. The van der Waals surface area contributed by atoms with Gasteiger partial charge >= 0.3 is 0 Å². The van der Waals surface area contributed by atoms with Gasteiger partial charge in [0.2, 0.25) is 5.91 Å². The molecule has 1 atom stereocenters. The first-order valence-corrected chi connectivity index (χ1v) is 10.6. The molecule has 8 nitrogen and oxygen atoms in total. The largest absolute Gasteiger partial charge is 0.342 e. The summed E-state index contributed by atoms with van der Waals surface area (Å²) in [7, 11) is 0. The first kappa shape index (κ1) is 21.5. The van der Waals surface area contributed by atoms with Crippen LogP contribution in [0.4, 0.5) is 5.82 Å². The van der Waals surface area contributed by atoms with Crippen molar-refractivity contribution in [3.8, 4) is 0 Å². The van der Waals surface area contributed by atoms with Gasteiger partial charge in [0.15, 0.2) is 11.0 Å². The van der Waals surface area contributed by atoms with Crippen molar-refractivity contribution in [2.24, 2.45) is 0 Å². The van der Waals surface area contributed by atoms with E-state index in [1.54, 1.807) is 30.5 Å². The molecule has 0 radical (unpaired) electrons. The minimum Gasteiger partial charge on any atom is -0.342 e. The van der Waals surface area contributed by atoms with E-state index in [9.17, 15) is 9.59 Å². The first-order chi connectivity index (χ1) is 14.5. The van der Waals surface area contributed by atoms with Gasteiger partial charge in [-0.2, -0.15) is 0 Å². The van der Waals surface area contributed by atoms with Gasteiger partial charge in [0, 0.05) is 18.3 Å². The Morgan fingerprint density at radius 1 is 1.13 bits per heavy atom. The lowest BCUT2D eigenvalue weighted by atomic mass is 10.1. The zero-order chi connectivity index (χ0) is 21.5. The van der Waals surface area contributed by atoms with Crippen LogP contribution in [0.1, 0.15) is 41.6 Å². The lowest BCUT2D eigenvalue weighted by Crippen LogP contribution is -2.28. The molecule has 0 saturated heterocycles. The maximum Gasteiger partial charge on any atom is 0.251 e. The number of hydrogen-bond donors (Lipinski definition) is 2. The van der Waals surface area contributed by atoms with Crippen molar-refractivity contribution < 1.29 is 9.59 Å². The van der Waals surface area contributed by atoms with Gasteiger partial charge in [-0.05, 0) is 45.0 Å². The molecule has 1 aromatic carbocycles. The zero-order valence-corrected chi connectivity index (χ0v) is 17.9. The molecule has 0 aliphatic heterocycles. The Bertz CT molecular complexity index is 1000. The Hall–Kier alpha value is -3.20. The number of carbonyl (C=O) groups excluding carboxylic acids is 2. The highest BCUT2D eigenvalue weighted by molar-refractivity contribution is 7.99. The number of rotatable bonds is 8. The maximum absolute atomic E-state index is 12.5. The molecule has 2 N–H and O–H groups in total. The summed E-state index contributed by atoms with van der Waals surface area (Å²) in [6, 6.07) is 12.4. The molecule has 0 aliphatic carbocycles. The third kappa shape index (κ3) is 5.44. The van der Waals surface area contributed by atoms with E-state index in [2.05, 4.69) is 25.8 Å². The van der Waals surface area contributed by atoms with Crippen LogP contribution in [0.3, 0.4) is 0 Å². The van der Waals surface area contributed by atoms with Crippen LogP contribution < -0.4 is 10.6 Å². The lowest BCUT2D eigenvalue weighted by molar-refractivity contribution is -0.113. The molecule has 2 heterocycles. The fourth-order valence-electron chi connectivity index (χ4n) is 2.82. The van der Waals surface area contributed by atoms with Crippen molar-refractivity contribution in [3.05, 3.63) is 65.6 Å². The van der Waals surface area contributed by atoms with Crippen molar-refractivity contribution >= 4 is 29.4 Å². The number of pyridine rings is 1. The minimum absolute atomic E-state index is 0.169. The minimum atomic E-state index is -0.331. The topological polar surface area (TPSA) is 102 Å². The van der Waals surface area contributed by atoms with Gasteiger partial charge in [-0.15, -0.1) is 10.2 Å². The molecule has 156 valence electrons. The number of aryl methyl sites for hydroxylation is 1. The molecule has 3 aromatic rings. The van der Waals surface area contributed by atoms with Gasteiger partial charge in [0.1, 0.15) is 5.82 Å². The Balaban J connectivity index is 1.62. The van der Waals surface area contributed by atoms with Gasteiger partial charge < -0.3 is 15.2 Å². The summed E-state index contributed by atoms with van der Waals surface area (Å²) >= 11 is 1.29. The zero-order valence-electron chi connectivity index (χ0n) is 17.1. The molecule has 30 heavy (non-hydrogen) atoms. The van der Waals surface area contributed by atoms with Crippen molar-refractivity contribution in [3.63, 3.8) is 0 Å². The summed E-state index contributed by atoms with van der Waals surface area (Å²) in [5.74, 6) is 0.987. The van der Waals surface area contributed by atoms with Crippen LogP contribution in [-0.2, 0) is 11.3 Å². The Morgan fingerprint density at radius 2 is 1.90 bits per heavy atom. The van der Waals surface area contributed by atoms with Crippen LogP contribution in [-0.4, -0.2) is 37.3 Å². The van der Waals surface area contributed by atoms with E-state index >= 15 is 0 Å². The molecule has 0 bridgehead atoms. The number of amides is 2. The third-order valence-electron chi connectivity index (χ3n) is 4.38. The molecule has 9 heteroatoms. The van der Waals surface area contributed by atoms with Crippen molar-refractivity contribution in [1.82, 2.24) is 25.1 Å². The van der Waals surface area contributed by atoms with E-state index in [1.807, 2.05) is 43.5 Å². The third-order valence-corrected chi connectivity index (χ3v) is 5.34. The van der Waals surface area contributed by atoms with E-state index in [0.717, 1.165) is 5.56 Å². The van der Waals surface area contributed by atoms with Crippen molar-refractivity contribution in [2.75, 3.05) is 11.1 Å².